The number of nitrogens with zero attached hydrogens (tertiary/aromatic N) is 3. The number of fused-ring (bicyclic) bond motifs is 3. The van der Waals surface area contributed by atoms with Gasteiger partial charge in [0.05, 0.1) is 22.1 Å². The first-order valence-corrected chi connectivity index (χ1v) is 8.79. The number of hydrogen-bond acceptors (Lipinski definition) is 3. The van der Waals surface area contributed by atoms with Crippen LogP contribution in [0.1, 0.15) is 22.8 Å². The summed E-state index contributed by atoms with van der Waals surface area (Å²) in [5, 5.41) is 0. The van der Waals surface area contributed by atoms with Crippen LogP contribution in [0.5, 0.6) is 0 Å². The van der Waals surface area contributed by atoms with Crippen LogP contribution < -0.4 is 4.90 Å². The van der Waals surface area contributed by atoms with E-state index in [4.69, 9.17) is 0 Å². The van der Waals surface area contributed by atoms with E-state index < -0.39 is 0 Å². The van der Waals surface area contributed by atoms with E-state index in [2.05, 4.69) is 23.0 Å². The molecule has 0 saturated carbocycles. The van der Waals surface area contributed by atoms with E-state index in [-0.39, 0.29) is 11.9 Å². The maximum Gasteiger partial charge on any atom is 0.258 e. The maximum atomic E-state index is 13.2. The zero-order valence-electron chi connectivity index (χ0n) is 14.4. The number of amides is 1. The Morgan fingerprint density at radius 2 is 1.54 bits per heavy atom. The molecular weight excluding hydrogens is 322 g/mol. The molecule has 4 nitrogen and oxygen atoms in total. The highest BCUT2D eigenvalue weighted by Gasteiger charge is 2.31. The number of aromatic nitrogens is 2. The van der Waals surface area contributed by atoms with Crippen LogP contribution in [0.25, 0.3) is 22.1 Å². The van der Waals surface area contributed by atoms with Crippen LogP contribution in [-0.4, -0.2) is 21.9 Å². The van der Waals surface area contributed by atoms with Crippen LogP contribution in [0.4, 0.5) is 5.69 Å². The van der Waals surface area contributed by atoms with Crippen LogP contribution in [0.2, 0.25) is 0 Å². The van der Waals surface area contributed by atoms with Crippen molar-refractivity contribution < 1.29 is 4.79 Å². The minimum absolute atomic E-state index is 0.0132. The highest BCUT2D eigenvalue weighted by molar-refractivity contribution is 6.09. The summed E-state index contributed by atoms with van der Waals surface area (Å²) in [4.78, 5) is 24.4. The van der Waals surface area contributed by atoms with Crippen molar-refractivity contribution in [2.24, 2.45) is 0 Å². The van der Waals surface area contributed by atoms with Crippen molar-refractivity contribution in [2.45, 2.75) is 19.4 Å². The minimum Gasteiger partial charge on any atom is -0.305 e. The molecule has 1 amide bonds. The van der Waals surface area contributed by atoms with Gasteiger partial charge >= 0.3 is 0 Å². The fourth-order valence-electron chi connectivity index (χ4n) is 3.77. The molecule has 1 aliphatic heterocycles. The van der Waals surface area contributed by atoms with Crippen LogP contribution >= 0.6 is 0 Å². The molecule has 2 heterocycles. The highest BCUT2D eigenvalue weighted by atomic mass is 16.2. The summed E-state index contributed by atoms with van der Waals surface area (Å²) in [6.45, 7) is 2.09. The van der Waals surface area contributed by atoms with Crippen molar-refractivity contribution >= 4 is 33.7 Å². The second-order valence-corrected chi connectivity index (χ2v) is 6.77. The Bertz CT molecular complexity index is 1170. The molecule has 4 heteroatoms. The molecule has 1 atom stereocenters. The molecule has 0 aliphatic carbocycles. The molecule has 4 aromatic rings. The number of rotatable bonds is 1. The number of para-hydroxylation sites is 3. The molecule has 5 rings (SSSR count). The summed E-state index contributed by atoms with van der Waals surface area (Å²) in [7, 11) is 0. The van der Waals surface area contributed by atoms with Crippen LogP contribution in [0.15, 0.2) is 66.7 Å². The number of anilines is 1. The van der Waals surface area contributed by atoms with Gasteiger partial charge in [-0.05, 0) is 55.3 Å². The van der Waals surface area contributed by atoms with Crippen LogP contribution in [0, 0.1) is 0 Å². The summed E-state index contributed by atoms with van der Waals surface area (Å²) in [6, 6.07) is 21.6. The Morgan fingerprint density at radius 1 is 0.885 bits per heavy atom. The van der Waals surface area contributed by atoms with Gasteiger partial charge in [0.15, 0.2) is 0 Å². The fourth-order valence-corrected chi connectivity index (χ4v) is 3.77. The Labute approximate surface area is 151 Å². The average Bonchev–Trinajstić information content (AvgIpc) is 3.01. The molecule has 0 bridgehead atoms. The molecule has 126 valence electrons. The van der Waals surface area contributed by atoms with Crippen molar-refractivity contribution in [3.05, 3.63) is 77.9 Å². The van der Waals surface area contributed by atoms with Gasteiger partial charge in [0.25, 0.3) is 5.91 Å². The maximum absolute atomic E-state index is 13.2. The van der Waals surface area contributed by atoms with E-state index in [1.54, 1.807) is 0 Å². The first-order chi connectivity index (χ1) is 12.7. The van der Waals surface area contributed by atoms with E-state index in [1.807, 2.05) is 65.6 Å². The van der Waals surface area contributed by atoms with Gasteiger partial charge in [-0.2, -0.15) is 0 Å². The second kappa shape index (κ2) is 5.63. The van der Waals surface area contributed by atoms with Crippen molar-refractivity contribution in [1.29, 1.82) is 0 Å². The molecule has 1 aliphatic rings. The highest BCUT2D eigenvalue weighted by Crippen LogP contribution is 2.33. The van der Waals surface area contributed by atoms with Gasteiger partial charge in [-0.25, -0.2) is 9.97 Å². The Hall–Kier alpha value is -3.27. The van der Waals surface area contributed by atoms with Gasteiger partial charge < -0.3 is 4.90 Å². The summed E-state index contributed by atoms with van der Waals surface area (Å²) < 4.78 is 0. The molecule has 0 saturated heterocycles. The summed E-state index contributed by atoms with van der Waals surface area (Å²) in [5.41, 5.74) is 6.12. The molecule has 0 fully saturated rings. The topological polar surface area (TPSA) is 46.1 Å². The van der Waals surface area contributed by atoms with E-state index in [9.17, 15) is 4.79 Å². The zero-order valence-corrected chi connectivity index (χ0v) is 14.4. The number of carbonyl (C=O) groups is 1. The summed E-state index contributed by atoms with van der Waals surface area (Å²) >= 11 is 0. The third-order valence-electron chi connectivity index (χ3n) is 5.01. The molecule has 0 N–H and O–H groups in total. The molecule has 1 aromatic heterocycles. The third kappa shape index (κ3) is 2.26. The Kier molecular flexibility index (Phi) is 3.25. The van der Waals surface area contributed by atoms with Crippen molar-refractivity contribution in [1.82, 2.24) is 9.97 Å². The van der Waals surface area contributed by atoms with Gasteiger partial charge in [0, 0.05) is 17.3 Å². The largest absolute Gasteiger partial charge is 0.305 e. The van der Waals surface area contributed by atoms with Gasteiger partial charge in [-0.15, -0.1) is 0 Å². The van der Waals surface area contributed by atoms with E-state index in [1.165, 1.54) is 5.56 Å². The average molecular weight is 339 g/mol. The number of carbonyl (C=O) groups excluding carboxylic acids is 1. The van der Waals surface area contributed by atoms with Gasteiger partial charge in [-0.1, -0.05) is 30.3 Å². The standard InChI is InChI=1S/C22H17N3O/c1-14-12-15-6-2-5-9-21(15)25(14)22(26)16-10-11-19-20(13-16)24-18-8-4-3-7-17(18)23-19/h2-11,13-14H,12H2,1H3/t14-/m0/s1. The van der Waals surface area contributed by atoms with Crippen molar-refractivity contribution in [2.75, 3.05) is 4.90 Å². The molecule has 0 unspecified atom stereocenters. The lowest BCUT2D eigenvalue weighted by molar-refractivity contribution is 0.0981. The molecule has 3 aromatic carbocycles. The van der Waals surface area contributed by atoms with E-state index >= 15 is 0 Å². The molecule has 0 spiro atoms. The molecule has 26 heavy (non-hydrogen) atoms. The van der Waals surface area contributed by atoms with Crippen LogP contribution in [-0.2, 0) is 6.42 Å². The second-order valence-electron chi connectivity index (χ2n) is 6.77. The molecular formula is C22H17N3O. The van der Waals surface area contributed by atoms with E-state index in [0.29, 0.717) is 5.56 Å². The lowest BCUT2D eigenvalue weighted by Crippen LogP contribution is -2.35. The quantitative estimate of drug-likeness (QED) is 0.484. The van der Waals surface area contributed by atoms with Gasteiger partial charge in [0.1, 0.15) is 0 Å². The zero-order chi connectivity index (χ0) is 17.7. The smallest absolute Gasteiger partial charge is 0.258 e. The summed E-state index contributed by atoms with van der Waals surface area (Å²) in [6.07, 6.45) is 0.889. The Balaban J connectivity index is 1.60. The fraction of sp³-hybridized carbons (Fsp3) is 0.136. The van der Waals surface area contributed by atoms with Crippen molar-refractivity contribution in [3.63, 3.8) is 0 Å². The predicted molar refractivity (Wildman–Crippen MR) is 103 cm³/mol. The number of hydrogen-bond donors (Lipinski definition) is 0. The van der Waals surface area contributed by atoms with E-state index in [0.717, 1.165) is 34.2 Å². The van der Waals surface area contributed by atoms with Gasteiger partial charge in [-0.3, -0.25) is 4.79 Å². The SMILES string of the molecule is C[C@H]1Cc2ccccc2N1C(=O)c1ccc2nc3ccccc3nc2c1. The Morgan fingerprint density at radius 3 is 2.35 bits per heavy atom. The monoisotopic (exact) mass is 339 g/mol. The lowest BCUT2D eigenvalue weighted by atomic mass is 10.1. The van der Waals surface area contributed by atoms with Gasteiger partial charge in [0.2, 0.25) is 0 Å². The minimum atomic E-state index is 0.0132. The predicted octanol–water partition coefficient (Wildman–Crippen LogP) is 4.37. The van der Waals surface area contributed by atoms with Crippen molar-refractivity contribution in [3.8, 4) is 0 Å². The normalized spacial score (nSPS) is 16.2. The first-order valence-electron chi connectivity index (χ1n) is 8.79. The summed E-state index contributed by atoms with van der Waals surface area (Å²) in [5.74, 6) is 0.0132. The third-order valence-corrected chi connectivity index (χ3v) is 5.01. The van der Waals surface area contributed by atoms with Crippen LogP contribution in [0.3, 0.4) is 0 Å². The molecule has 0 radical (unpaired) electrons. The number of benzene rings is 3. The first kappa shape index (κ1) is 15.0. The lowest BCUT2D eigenvalue weighted by Gasteiger charge is -2.23.